The van der Waals surface area contributed by atoms with Gasteiger partial charge < -0.3 is 9.11 Å². The molecule has 0 aromatic rings. The molecule has 216 valence electrons. The average Bonchev–Trinajstić information content (AvgIpc) is 3.11. The Morgan fingerprint density at radius 2 is 1.51 bits per heavy atom. The van der Waals surface area contributed by atoms with E-state index in [0.717, 1.165) is 64.2 Å². The van der Waals surface area contributed by atoms with Crippen LogP contribution in [-0.2, 0) is 29.2 Å². The third kappa shape index (κ3) is 6.56. The minimum absolute atomic E-state index is 0.00516. The van der Waals surface area contributed by atoms with Crippen molar-refractivity contribution >= 4 is 20.8 Å². The van der Waals surface area contributed by atoms with Gasteiger partial charge in [-0.25, -0.2) is 16.8 Å². The van der Waals surface area contributed by atoms with Crippen molar-refractivity contribution in [3.8, 4) is 0 Å². The Balaban J connectivity index is 1.48. The maximum absolute atomic E-state index is 11.3. The molecule has 4 aliphatic carbocycles. The second kappa shape index (κ2) is 11.0. The predicted octanol–water partition coefficient (Wildman–Crippen LogP) is 5.41. The molecule has 0 aromatic heterocycles. The smallest absolute Gasteiger partial charge is 0.217 e. The molecule has 0 spiro atoms. The first-order valence-electron chi connectivity index (χ1n) is 14.4. The minimum atomic E-state index is -4.71. The van der Waals surface area contributed by atoms with Gasteiger partial charge in [-0.05, 0) is 116 Å². The van der Waals surface area contributed by atoms with Crippen LogP contribution in [-0.4, -0.2) is 38.7 Å². The van der Waals surface area contributed by atoms with Crippen LogP contribution in [0, 0.1) is 52.3 Å². The van der Waals surface area contributed by atoms with Crippen LogP contribution >= 0.6 is 0 Å². The fourth-order valence-electron chi connectivity index (χ4n) is 9.65. The van der Waals surface area contributed by atoms with E-state index in [-0.39, 0.29) is 23.4 Å². The summed E-state index contributed by atoms with van der Waals surface area (Å²) < 4.78 is 77.2. The van der Waals surface area contributed by atoms with Crippen LogP contribution in [0.5, 0.6) is 0 Å². The summed E-state index contributed by atoms with van der Waals surface area (Å²) in [6.07, 6.45) is 11.2. The average molecular weight is 563 g/mol. The highest BCUT2D eigenvalue weighted by Gasteiger charge is 2.61. The number of hydrogen-bond acceptors (Lipinski definition) is 8. The number of rotatable bonds is 10. The summed E-state index contributed by atoms with van der Waals surface area (Å²) in [6, 6.07) is 0. The lowest BCUT2D eigenvalue weighted by molar-refractivity contribution is -0.128. The van der Waals surface area contributed by atoms with E-state index in [4.69, 9.17) is 8.37 Å². The van der Waals surface area contributed by atoms with Crippen molar-refractivity contribution < 1.29 is 34.3 Å². The first-order chi connectivity index (χ1) is 17.1. The van der Waals surface area contributed by atoms with E-state index < -0.39 is 26.9 Å². The fourth-order valence-corrected chi connectivity index (χ4v) is 10.5. The Morgan fingerprint density at radius 1 is 0.838 bits per heavy atom. The standard InChI is InChI=1S/C27H48O8S2/c1-18(2)6-5-7-19(17-34-36(28,29)30)23-10-11-24-22-9-8-20-16-21(35-37(31,32)33)12-14-26(20,3)25(22)13-15-27(23,24)4/h18-25H,5-17H2,1-4H3,(H,28,29,30)(H,31,32,33)/p-2. The van der Waals surface area contributed by atoms with E-state index in [1.54, 1.807) is 0 Å². The van der Waals surface area contributed by atoms with Crippen molar-refractivity contribution in [2.75, 3.05) is 6.61 Å². The monoisotopic (exact) mass is 562 g/mol. The molecule has 0 saturated heterocycles. The van der Waals surface area contributed by atoms with Gasteiger partial charge in [-0.2, -0.15) is 0 Å². The number of fused-ring (bicyclic) bond motifs is 5. The molecule has 4 rings (SSSR count). The molecular weight excluding hydrogens is 516 g/mol. The van der Waals surface area contributed by atoms with Gasteiger partial charge >= 0.3 is 0 Å². The molecule has 9 unspecified atom stereocenters. The highest BCUT2D eigenvalue weighted by atomic mass is 32.3. The van der Waals surface area contributed by atoms with Gasteiger partial charge in [0.05, 0.1) is 12.7 Å². The quantitative estimate of drug-likeness (QED) is 0.255. The molecule has 4 aliphatic rings. The van der Waals surface area contributed by atoms with Crippen molar-refractivity contribution in [2.24, 2.45) is 52.3 Å². The molecule has 0 radical (unpaired) electrons. The van der Waals surface area contributed by atoms with E-state index in [9.17, 15) is 25.9 Å². The predicted molar refractivity (Wildman–Crippen MR) is 138 cm³/mol. The first kappa shape index (κ1) is 29.7. The summed E-state index contributed by atoms with van der Waals surface area (Å²) in [5, 5.41) is 0. The van der Waals surface area contributed by atoms with Gasteiger partial charge in [0.2, 0.25) is 20.8 Å². The molecule has 0 N–H and O–H groups in total. The highest BCUT2D eigenvalue weighted by Crippen LogP contribution is 2.68. The molecule has 37 heavy (non-hydrogen) atoms. The van der Waals surface area contributed by atoms with Gasteiger partial charge in [-0.1, -0.05) is 40.5 Å². The van der Waals surface area contributed by atoms with E-state index in [2.05, 4.69) is 27.7 Å². The summed E-state index contributed by atoms with van der Waals surface area (Å²) in [4.78, 5) is 0. The lowest BCUT2D eigenvalue weighted by Crippen LogP contribution is -2.54. The lowest BCUT2D eigenvalue weighted by atomic mass is 9.44. The molecule has 0 amide bonds. The Bertz CT molecular complexity index is 1010. The van der Waals surface area contributed by atoms with Crippen molar-refractivity contribution in [3.63, 3.8) is 0 Å². The van der Waals surface area contributed by atoms with E-state index in [1.807, 2.05) is 0 Å². The zero-order valence-corrected chi connectivity index (χ0v) is 24.5. The fraction of sp³-hybridized carbons (Fsp3) is 1.00. The van der Waals surface area contributed by atoms with Crippen molar-refractivity contribution in [2.45, 2.75) is 111 Å². The zero-order chi connectivity index (χ0) is 27.2. The Labute approximate surface area is 224 Å². The third-order valence-electron chi connectivity index (χ3n) is 11.3. The van der Waals surface area contributed by atoms with Crippen LogP contribution < -0.4 is 0 Å². The summed E-state index contributed by atoms with van der Waals surface area (Å²) in [7, 11) is -9.40. The SMILES string of the molecule is CC(C)CCCC(COS(=O)(=O)[O-])C1CCC2C3CCC4CC(OS(=O)(=O)[O-])CCC4(C)C3CCC12C. The second-order valence-corrected chi connectivity index (χ2v) is 15.6. The summed E-state index contributed by atoms with van der Waals surface area (Å²) in [5.74, 6) is 3.12. The van der Waals surface area contributed by atoms with Gasteiger partial charge in [-0.3, -0.25) is 8.37 Å². The van der Waals surface area contributed by atoms with Crippen LogP contribution in [0.25, 0.3) is 0 Å². The largest absolute Gasteiger partial charge is 0.726 e. The van der Waals surface area contributed by atoms with Crippen LogP contribution in [0.3, 0.4) is 0 Å². The maximum Gasteiger partial charge on any atom is 0.217 e. The first-order valence-corrected chi connectivity index (χ1v) is 17.0. The lowest BCUT2D eigenvalue weighted by Gasteiger charge is -2.61. The molecule has 9 atom stereocenters. The van der Waals surface area contributed by atoms with Crippen molar-refractivity contribution in [3.05, 3.63) is 0 Å². The summed E-state index contributed by atoms with van der Waals surface area (Å²) in [6.45, 7) is 9.17. The van der Waals surface area contributed by atoms with Crippen LogP contribution in [0.4, 0.5) is 0 Å². The van der Waals surface area contributed by atoms with Crippen molar-refractivity contribution in [1.82, 2.24) is 0 Å². The van der Waals surface area contributed by atoms with Gasteiger partial charge in [0.15, 0.2) is 0 Å². The van der Waals surface area contributed by atoms with Crippen LogP contribution in [0.2, 0.25) is 0 Å². The topological polar surface area (TPSA) is 133 Å². The Morgan fingerprint density at radius 3 is 2.16 bits per heavy atom. The van der Waals surface area contributed by atoms with E-state index in [0.29, 0.717) is 48.3 Å². The molecule has 10 heteroatoms. The molecule has 4 fully saturated rings. The third-order valence-corrected chi connectivity index (χ3v) is 12.2. The Hall–Kier alpha value is -0.260. The summed E-state index contributed by atoms with van der Waals surface area (Å²) in [5.41, 5.74) is 0.241. The molecule has 0 aliphatic heterocycles. The van der Waals surface area contributed by atoms with E-state index >= 15 is 0 Å². The minimum Gasteiger partial charge on any atom is -0.726 e. The molecule has 0 bridgehead atoms. The molecular formula is C27H46O8S2-2. The van der Waals surface area contributed by atoms with Gasteiger partial charge in [0.25, 0.3) is 0 Å². The molecule has 4 saturated carbocycles. The van der Waals surface area contributed by atoms with Gasteiger partial charge in [0.1, 0.15) is 0 Å². The molecule has 0 aromatic carbocycles. The van der Waals surface area contributed by atoms with Gasteiger partial charge in [-0.15, -0.1) is 0 Å². The highest BCUT2D eigenvalue weighted by molar-refractivity contribution is 7.81. The normalized spacial score (nSPS) is 41.2. The summed E-state index contributed by atoms with van der Waals surface area (Å²) >= 11 is 0. The van der Waals surface area contributed by atoms with E-state index in [1.165, 1.54) is 0 Å². The van der Waals surface area contributed by atoms with Crippen molar-refractivity contribution in [1.29, 1.82) is 0 Å². The van der Waals surface area contributed by atoms with Crippen LogP contribution in [0.15, 0.2) is 0 Å². The maximum atomic E-state index is 11.3. The Kier molecular flexibility index (Phi) is 8.80. The zero-order valence-electron chi connectivity index (χ0n) is 22.9. The molecule has 0 heterocycles. The van der Waals surface area contributed by atoms with Crippen LogP contribution in [0.1, 0.15) is 105 Å². The molecule has 8 nitrogen and oxygen atoms in total. The number of hydrogen-bond donors (Lipinski definition) is 0. The second-order valence-electron chi connectivity index (χ2n) is 13.6. The van der Waals surface area contributed by atoms with Gasteiger partial charge in [0, 0.05) is 0 Å².